The van der Waals surface area contributed by atoms with Crippen LogP contribution in [0.1, 0.15) is 12.8 Å². The minimum atomic E-state index is 0.509. The Morgan fingerprint density at radius 2 is 2.38 bits per heavy atom. The summed E-state index contributed by atoms with van der Waals surface area (Å²) in [6.45, 7) is 1.92. The molecule has 2 heteroatoms. The van der Waals surface area contributed by atoms with E-state index in [0.717, 1.165) is 13.2 Å². The first-order valence-electron chi connectivity index (χ1n) is 3.01. The molecule has 0 bridgehead atoms. The molecule has 0 aromatic rings. The topological polar surface area (TPSA) is 21.6 Å². The molecule has 0 saturated heterocycles. The van der Waals surface area contributed by atoms with Crippen LogP contribution >= 0.6 is 0 Å². The van der Waals surface area contributed by atoms with Gasteiger partial charge in [0.1, 0.15) is 0 Å². The first kappa shape index (κ1) is 4.36. The standard InChI is InChI=1S/C6H9NO/c1-2-6(1)3-7-5-8-4-6/h5H,1-4H2. The Balaban J connectivity index is 2.08. The maximum Gasteiger partial charge on any atom is 0.169 e. The Morgan fingerprint density at radius 1 is 1.50 bits per heavy atom. The van der Waals surface area contributed by atoms with Crippen LogP contribution in [0.3, 0.4) is 0 Å². The third-order valence-corrected chi connectivity index (χ3v) is 1.92. The predicted octanol–water partition coefficient (Wildman–Crippen LogP) is 0.825. The zero-order valence-electron chi connectivity index (χ0n) is 4.76. The average Bonchev–Trinajstić information content (AvgIpc) is 2.52. The molecular weight excluding hydrogens is 102 g/mol. The van der Waals surface area contributed by atoms with E-state index in [4.69, 9.17) is 4.74 Å². The van der Waals surface area contributed by atoms with Crippen LogP contribution in [-0.4, -0.2) is 19.6 Å². The van der Waals surface area contributed by atoms with Gasteiger partial charge in [0.05, 0.1) is 13.2 Å². The predicted molar refractivity (Wildman–Crippen MR) is 31.0 cm³/mol. The van der Waals surface area contributed by atoms with E-state index in [1.54, 1.807) is 6.40 Å². The van der Waals surface area contributed by atoms with E-state index in [1.165, 1.54) is 12.8 Å². The highest BCUT2D eigenvalue weighted by molar-refractivity contribution is 5.47. The van der Waals surface area contributed by atoms with Crippen molar-refractivity contribution in [1.29, 1.82) is 0 Å². The van der Waals surface area contributed by atoms with Gasteiger partial charge in [-0.2, -0.15) is 0 Å². The van der Waals surface area contributed by atoms with Crippen LogP contribution in [0.15, 0.2) is 4.99 Å². The second-order valence-electron chi connectivity index (χ2n) is 2.76. The van der Waals surface area contributed by atoms with Gasteiger partial charge in [-0.15, -0.1) is 0 Å². The lowest BCUT2D eigenvalue weighted by Gasteiger charge is -2.14. The summed E-state index contributed by atoms with van der Waals surface area (Å²) in [7, 11) is 0. The number of nitrogens with zero attached hydrogens (tertiary/aromatic N) is 1. The maximum atomic E-state index is 5.06. The van der Waals surface area contributed by atoms with Crippen molar-refractivity contribution in [2.45, 2.75) is 12.8 Å². The minimum absolute atomic E-state index is 0.509. The monoisotopic (exact) mass is 111 g/mol. The molecular formula is C6H9NO. The van der Waals surface area contributed by atoms with Crippen LogP contribution in [0, 0.1) is 5.41 Å². The Hall–Kier alpha value is -0.530. The highest BCUT2D eigenvalue weighted by Crippen LogP contribution is 2.46. The SMILES string of the molecule is C1=NCC2(CC2)CO1. The van der Waals surface area contributed by atoms with Crippen molar-refractivity contribution in [1.82, 2.24) is 0 Å². The third kappa shape index (κ3) is 0.522. The molecule has 44 valence electrons. The summed E-state index contributed by atoms with van der Waals surface area (Å²) >= 11 is 0. The van der Waals surface area contributed by atoms with Crippen LogP contribution < -0.4 is 0 Å². The Bertz CT molecular complexity index is 126. The molecule has 1 aliphatic carbocycles. The van der Waals surface area contributed by atoms with Gasteiger partial charge in [0.15, 0.2) is 6.40 Å². The number of hydrogen-bond donors (Lipinski definition) is 0. The van der Waals surface area contributed by atoms with Gasteiger partial charge in [0.2, 0.25) is 0 Å². The van der Waals surface area contributed by atoms with Crippen molar-refractivity contribution in [3.63, 3.8) is 0 Å². The van der Waals surface area contributed by atoms with E-state index in [0.29, 0.717) is 5.41 Å². The number of ether oxygens (including phenoxy) is 1. The van der Waals surface area contributed by atoms with Crippen molar-refractivity contribution in [2.24, 2.45) is 10.4 Å². The molecule has 1 fully saturated rings. The van der Waals surface area contributed by atoms with E-state index >= 15 is 0 Å². The number of aliphatic imine (C=N–C) groups is 1. The van der Waals surface area contributed by atoms with Crippen LogP contribution in [0.5, 0.6) is 0 Å². The van der Waals surface area contributed by atoms with E-state index in [-0.39, 0.29) is 0 Å². The Kier molecular flexibility index (Phi) is 0.678. The second-order valence-corrected chi connectivity index (χ2v) is 2.76. The fraction of sp³-hybridized carbons (Fsp3) is 0.833. The largest absolute Gasteiger partial charge is 0.483 e. The summed E-state index contributed by atoms with van der Waals surface area (Å²) in [5.74, 6) is 0. The fourth-order valence-corrected chi connectivity index (χ4v) is 1.02. The summed E-state index contributed by atoms with van der Waals surface area (Å²) in [5, 5.41) is 0. The summed E-state index contributed by atoms with van der Waals surface area (Å²) in [4.78, 5) is 4.05. The summed E-state index contributed by atoms with van der Waals surface area (Å²) in [6.07, 6.45) is 4.22. The summed E-state index contributed by atoms with van der Waals surface area (Å²) < 4.78 is 5.06. The summed E-state index contributed by atoms with van der Waals surface area (Å²) in [5.41, 5.74) is 0.509. The molecule has 1 aliphatic heterocycles. The van der Waals surface area contributed by atoms with Gasteiger partial charge in [0.25, 0.3) is 0 Å². The quantitative estimate of drug-likeness (QED) is 0.453. The molecule has 1 spiro atoms. The Labute approximate surface area is 48.6 Å². The van der Waals surface area contributed by atoms with Crippen LogP contribution in [0.4, 0.5) is 0 Å². The van der Waals surface area contributed by atoms with Crippen molar-refractivity contribution in [2.75, 3.05) is 13.2 Å². The average molecular weight is 111 g/mol. The first-order chi connectivity index (χ1) is 3.91. The lowest BCUT2D eigenvalue weighted by molar-refractivity contribution is 0.218. The first-order valence-corrected chi connectivity index (χ1v) is 3.01. The van der Waals surface area contributed by atoms with Gasteiger partial charge in [-0.05, 0) is 12.8 Å². The molecule has 1 heterocycles. The summed E-state index contributed by atoms with van der Waals surface area (Å²) in [6, 6.07) is 0. The fourth-order valence-electron chi connectivity index (χ4n) is 1.02. The zero-order valence-corrected chi connectivity index (χ0v) is 4.76. The number of hydrogen-bond acceptors (Lipinski definition) is 2. The highest BCUT2D eigenvalue weighted by atomic mass is 16.5. The molecule has 2 aliphatic rings. The smallest absolute Gasteiger partial charge is 0.169 e. The van der Waals surface area contributed by atoms with Crippen molar-refractivity contribution in [3.05, 3.63) is 0 Å². The van der Waals surface area contributed by atoms with Crippen LogP contribution in [0.2, 0.25) is 0 Å². The van der Waals surface area contributed by atoms with E-state index in [1.807, 2.05) is 0 Å². The molecule has 2 nitrogen and oxygen atoms in total. The lowest BCUT2D eigenvalue weighted by atomic mass is 10.1. The van der Waals surface area contributed by atoms with Crippen molar-refractivity contribution >= 4 is 6.40 Å². The van der Waals surface area contributed by atoms with Gasteiger partial charge in [-0.3, -0.25) is 4.99 Å². The molecule has 0 aromatic carbocycles. The van der Waals surface area contributed by atoms with Gasteiger partial charge in [0, 0.05) is 5.41 Å². The highest BCUT2D eigenvalue weighted by Gasteiger charge is 2.44. The molecule has 0 aromatic heterocycles. The Morgan fingerprint density at radius 3 is 2.75 bits per heavy atom. The number of rotatable bonds is 0. The van der Waals surface area contributed by atoms with E-state index in [2.05, 4.69) is 4.99 Å². The van der Waals surface area contributed by atoms with E-state index in [9.17, 15) is 0 Å². The van der Waals surface area contributed by atoms with Crippen molar-refractivity contribution in [3.8, 4) is 0 Å². The molecule has 0 radical (unpaired) electrons. The molecule has 0 amide bonds. The normalized spacial score (nSPS) is 30.0. The van der Waals surface area contributed by atoms with E-state index < -0.39 is 0 Å². The molecule has 1 saturated carbocycles. The molecule has 0 atom stereocenters. The van der Waals surface area contributed by atoms with Gasteiger partial charge in [-0.1, -0.05) is 0 Å². The minimum Gasteiger partial charge on any atom is -0.483 e. The second kappa shape index (κ2) is 1.24. The molecule has 0 unspecified atom stereocenters. The van der Waals surface area contributed by atoms with Gasteiger partial charge >= 0.3 is 0 Å². The maximum absolute atomic E-state index is 5.06. The van der Waals surface area contributed by atoms with Gasteiger partial charge in [-0.25, -0.2) is 0 Å². The molecule has 2 rings (SSSR count). The zero-order chi connectivity index (χ0) is 5.45. The van der Waals surface area contributed by atoms with Crippen LogP contribution in [-0.2, 0) is 4.74 Å². The van der Waals surface area contributed by atoms with Crippen molar-refractivity contribution < 1.29 is 4.74 Å². The van der Waals surface area contributed by atoms with Crippen LogP contribution in [0.25, 0.3) is 0 Å². The van der Waals surface area contributed by atoms with Gasteiger partial charge < -0.3 is 4.74 Å². The molecule has 0 N–H and O–H groups in total. The third-order valence-electron chi connectivity index (χ3n) is 1.92. The lowest BCUT2D eigenvalue weighted by Crippen LogP contribution is -2.17. The molecule has 8 heavy (non-hydrogen) atoms.